The molecule has 1 aliphatic rings. The zero-order valence-corrected chi connectivity index (χ0v) is 13.7. The van der Waals surface area contributed by atoms with E-state index in [2.05, 4.69) is 6.92 Å². The molecule has 0 aliphatic carbocycles. The first-order valence-corrected chi connectivity index (χ1v) is 8.95. The molecule has 0 saturated carbocycles. The van der Waals surface area contributed by atoms with Crippen LogP contribution in [0.25, 0.3) is 0 Å². The number of carbonyl (C=O) groups is 1. The van der Waals surface area contributed by atoms with Crippen LogP contribution in [0.15, 0.2) is 29.2 Å². The number of hydrogen-bond donors (Lipinski definition) is 0. The molecule has 1 fully saturated rings. The summed E-state index contributed by atoms with van der Waals surface area (Å²) in [7, 11) is -3.53. The molecule has 0 N–H and O–H groups in total. The van der Waals surface area contributed by atoms with Crippen LogP contribution in [-0.2, 0) is 10.0 Å². The van der Waals surface area contributed by atoms with E-state index in [9.17, 15) is 13.2 Å². The van der Waals surface area contributed by atoms with Crippen molar-refractivity contribution in [2.24, 2.45) is 5.92 Å². The Morgan fingerprint density at radius 1 is 1.29 bits per heavy atom. The molecule has 2 unspecified atom stereocenters. The molecule has 5 heteroatoms. The normalized spacial score (nSPS) is 24.0. The second-order valence-electron chi connectivity index (χ2n) is 5.91. The Morgan fingerprint density at radius 3 is 2.67 bits per heavy atom. The van der Waals surface area contributed by atoms with Crippen molar-refractivity contribution in [3.8, 4) is 0 Å². The average molecular weight is 309 g/mol. The van der Waals surface area contributed by atoms with Gasteiger partial charge in [0.05, 0.1) is 4.90 Å². The first-order chi connectivity index (χ1) is 9.86. The largest absolute Gasteiger partial charge is 0.294 e. The van der Waals surface area contributed by atoms with Gasteiger partial charge < -0.3 is 0 Å². The third kappa shape index (κ3) is 3.35. The molecular weight excluding hydrogens is 286 g/mol. The van der Waals surface area contributed by atoms with Gasteiger partial charge in [0.15, 0.2) is 5.78 Å². The summed E-state index contributed by atoms with van der Waals surface area (Å²) in [6.45, 7) is 6.35. The van der Waals surface area contributed by atoms with Crippen LogP contribution in [-0.4, -0.2) is 31.1 Å². The van der Waals surface area contributed by atoms with E-state index in [1.165, 1.54) is 6.07 Å². The van der Waals surface area contributed by atoms with Crippen molar-refractivity contribution < 1.29 is 13.2 Å². The Labute approximate surface area is 127 Å². The van der Waals surface area contributed by atoms with Crippen LogP contribution in [0.3, 0.4) is 0 Å². The lowest BCUT2D eigenvalue weighted by Gasteiger charge is -2.35. The lowest BCUT2D eigenvalue weighted by Crippen LogP contribution is -2.44. The van der Waals surface area contributed by atoms with E-state index < -0.39 is 10.0 Å². The number of Topliss-reactive ketones (excluding diaryl/α,β-unsaturated/α-hetero) is 1. The Bertz CT molecular complexity index is 624. The van der Waals surface area contributed by atoms with E-state index in [1.807, 2.05) is 6.92 Å². The molecule has 2 atom stereocenters. The van der Waals surface area contributed by atoms with Crippen molar-refractivity contribution in [3.05, 3.63) is 29.8 Å². The summed E-state index contributed by atoms with van der Waals surface area (Å²) >= 11 is 0. The minimum Gasteiger partial charge on any atom is -0.294 e. The van der Waals surface area contributed by atoms with E-state index in [0.29, 0.717) is 24.4 Å². The average Bonchev–Trinajstić information content (AvgIpc) is 2.49. The quantitative estimate of drug-likeness (QED) is 0.803. The maximum absolute atomic E-state index is 12.8. The summed E-state index contributed by atoms with van der Waals surface area (Å²) in [6.07, 6.45) is 2.32. The summed E-state index contributed by atoms with van der Waals surface area (Å²) in [5, 5.41) is 0. The van der Waals surface area contributed by atoms with E-state index >= 15 is 0 Å². The molecule has 1 saturated heterocycles. The number of piperidine rings is 1. The molecule has 0 radical (unpaired) electrons. The van der Waals surface area contributed by atoms with Gasteiger partial charge in [-0.3, -0.25) is 4.79 Å². The maximum atomic E-state index is 12.8. The third-order valence-corrected chi connectivity index (χ3v) is 6.12. The van der Waals surface area contributed by atoms with Crippen molar-refractivity contribution >= 4 is 15.8 Å². The Kier molecular flexibility index (Phi) is 4.84. The highest BCUT2D eigenvalue weighted by Crippen LogP contribution is 2.28. The minimum absolute atomic E-state index is 0.0109. The molecular formula is C16H23NO3S. The number of nitrogens with zero attached hydrogens (tertiary/aromatic N) is 1. The van der Waals surface area contributed by atoms with Crippen LogP contribution in [0.5, 0.6) is 0 Å². The van der Waals surface area contributed by atoms with E-state index in [1.54, 1.807) is 29.4 Å². The molecule has 1 aliphatic heterocycles. The summed E-state index contributed by atoms with van der Waals surface area (Å²) < 4.78 is 27.2. The molecule has 0 bridgehead atoms. The van der Waals surface area contributed by atoms with Gasteiger partial charge in [-0.25, -0.2) is 8.42 Å². The molecule has 0 spiro atoms. The summed E-state index contributed by atoms with van der Waals surface area (Å²) in [6, 6.07) is 6.42. The molecule has 2 rings (SSSR count). The topological polar surface area (TPSA) is 54.5 Å². The van der Waals surface area contributed by atoms with Crippen LogP contribution >= 0.6 is 0 Å². The Hall–Kier alpha value is -1.20. The van der Waals surface area contributed by atoms with Gasteiger partial charge in [0.25, 0.3) is 0 Å². The first kappa shape index (κ1) is 16.2. The fraction of sp³-hybridized carbons (Fsp3) is 0.562. The van der Waals surface area contributed by atoms with Crippen LogP contribution in [0.1, 0.15) is 50.4 Å². The number of rotatable bonds is 4. The highest BCUT2D eigenvalue weighted by atomic mass is 32.2. The molecule has 116 valence electrons. The predicted octanol–water partition coefficient (Wildman–Crippen LogP) is 3.09. The van der Waals surface area contributed by atoms with Crippen molar-refractivity contribution in [2.45, 2.75) is 51.0 Å². The predicted molar refractivity (Wildman–Crippen MR) is 82.8 cm³/mol. The second-order valence-corrected chi connectivity index (χ2v) is 7.80. The van der Waals surface area contributed by atoms with E-state index in [-0.39, 0.29) is 16.7 Å². The van der Waals surface area contributed by atoms with Gasteiger partial charge >= 0.3 is 0 Å². The number of carbonyl (C=O) groups excluding carboxylic acids is 1. The van der Waals surface area contributed by atoms with E-state index in [0.717, 1.165) is 12.8 Å². The minimum atomic E-state index is -3.53. The number of ketones is 1. The SMILES string of the molecule is CCC(=O)c1cccc(S(=O)(=O)N2CC(C)CCC2C)c1. The number of sulfonamides is 1. The highest BCUT2D eigenvalue weighted by Gasteiger charge is 2.33. The van der Waals surface area contributed by atoms with Gasteiger partial charge in [-0.1, -0.05) is 26.0 Å². The molecule has 4 nitrogen and oxygen atoms in total. The second kappa shape index (κ2) is 6.28. The summed E-state index contributed by atoms with van der Waals surface area (Å²) in [5.41, 5.74) is 0.469. The first-order valence-electron chi connectivity index (χ1n) is 7.51. The molecule has 1 heterocycles. The molecule has 1 aromatic rings. The standard InChI is InChI=1S/C16H23NO3S/c1-4-16(18)14-6-5-7-15(10-14)21(19,20)17-11-12(2)8-9-13(17)3/h5-7,10,12-13H,4,8-9,11H2,1-3H3. The molecule has 1 aromatic carbocycles. The van der Waals surface area contributed by atoms with Crippen molar-refractivity contribution in [1.29, 1.82) is 0 Å². The zero-order valence-electron chi connectivity index (χ0n) is 12.9. The number of benzene rings is 1. The number of hydrogen-bond acceptors (Lipinski definition) is 3. The van der Waals surface area contributed by atoms with Crippen LogP contribution in [0.2, 0.25) is 0 Å². The maximum Gasteiger partial charge on any atom is 0.243 e. The van der Waals surface area contributed by atoms with Gasteiger partial charge in [-0.15, -0.1) is 0 Å². The van der Waals surface area contributed by atoms with Gasteiger partial charge in [-0.05, 0) is 37.8 Å². The van der Waals surface area contributed by atoms with Gasteiger partial charge in [0.2, 0.25) is 10.0 Å². The highest BCUT2D eigenvalue weighted by molar-refractivity contribution is 7.89. The lowest BCUT2D eigenvalue weighted by molar-refractivity contribution is 0.0988. The Morgan fingerprint density at radius 2 is 2.00 bits per heavy atom. The molecule has 0 amide bonds. The van der Waals surface area contributed by atoms with Gasteiger partial charge in [0.1, 0.15) is 0 Å². The summed E-state index contributed by atoms with van der Waals surface area (Å²) in [4.78, 5) is 12.0. The zero-order chi connectivity index (χ0) is 15.6. The lowest BCUT2D eigenvalue weighted by atomic mass is 9.97. The van der Waals surface area contributed by atoms with Crippen LogP contribution < -0.4 is 0 Å². The van der Waals surface area contributed by atoms with Gasteiger partial charge in [0, 0.05) is 24.6 Å². The smallest absolute Gasteiger partial charge is 0.243 e. The van der Waals surface area contributed by atoms with Crippen LogP contribution in [0, 0.1) is 5.92 Å². The fourth-order valence-electron chi connectivity index (χ4n) is 2.75. The molecule has 21 heavy (non-hydrogen) atoms. The van der Waals surface area contributed by atoms with E-state index in [4.69, 9.17) is 0 Å². The van der Waals surface area contributed by atoms with Crippen LogP contribution in [0.4, 0.5) is 0 Å². The van der Waals surface area contributed by atoms with Crippen molar-refractivity contribution in [3.63, 3.8) is 0 Å². The third-order valence-electron chi connectivity index (χ3n) is 4.14. The molecule has 0 aromatic heterocycles. The van der Waals surface area contributed by atoms with Crippen molar-refractivity contribution in [1.82, 2.24) is 4.31 Å². The Balaban J connectivity index is 2.37. The monoisotopic (exact) mass is 309 g/mol. The van der Waals surface area contributed by atoms with Gasteiger partial charge in [-0.2, -0.15) is 4.31 Å². The fourth-order valence-corrected chi connectivity index (χ4v) is 4.58. The van der Waals surface area contributed by atoms with Crippen molar-refractivity contribution in [2.75, 3.05) is 6.54 Å². The summed E-state index contributed by atoms with van der Waals surface area (Å²) in [5.74, 6) is 0.337.